The lowest BCUT2D eigenvalue weighted by Crippen LogP contribution is -2.41. The lowest BCUT2D eigenvalue weighted by atomic mass is 9.98. The molecular weight excluding hydrogens is 368 g/mol. The van der Waals surface area contributed by atoms with Crippen molar-refractivity contribution in [1.29, 1.82) is 0 Å². The zero-order valence-electron chi connectivity index (χ0n) is 16.6. The summed E-state index contributed by atoms with van der Waals surface area (Å²) >= 11 is 0. The van der Waals surface area contributed by atoms with Gasteiger partial charge in [-0.25, -0.2) is 4.79 Å². The molecule has 7 heteroatoms. The van der Waals surface area contributed by atoms with E-state index in [2.05, 4.69) is 15.5 Å². The van der Waals surface area contributed by atoms with Gasteiger partial charge < -0.3 is 19.5 Å². The Hall–Kier alpha value is -3.35. The van der Waals surface area contributed by atoms with Crippen LogP contribution in [-0.2, 0) is 0 Å². The highest BCUT2D eigenvalue weighted by Crippen LogP contribution is 2.29. The molecule has 1 aliphatic rings. The van der Waals surface area contributed by atoms with E-state index in [-0.39, 0.29) is 11.9 Å². The van der Waals surface area contributed by atoms with Crippen LogP contribution in [0.1, 0.15) is 30.2 Å². The predicted octanol–water partition coefficient (Wildman–Crippen LogP) is 4.47. The van der Waals surface area contributed by atoms with Crippen LogP contribution in [0, 0.1) is 6.92 Å². The molecule has 2 aromatic carbocycles. The number of carbonyl (C=O) groups is 1. The van der Waals surface area contributed by atoms with Crippen molar-refractivity contribution in [2.45, 2.75) is 25.7 Å². The minimum Gasteiger partial charge on any atom is -0.497 e. The fraction of sp³-hybridized carbons (Fsp3) is 0.318. The maximum atomic E-state index is 12.7. The molecule has 1 aliphatic heterocycles. The van der Waals surface area contributed by atoms with Gasteiger partial charge in [-0.2, -0.15) is 4.98 Å². The van der Waals surface area contributed by atoms with Crippen LogP contribution in [0.25, 0.3) is 11.4 Å². The van der Waals surface area contributed by atoms with Crippen molar-refractivity contribution in [2.24, 2.45) is 0 Å². The number of hydrogen-bond donors (Lipinski definition) is 1. The average Bonchev–Trinajstić information content (AvgIpc) is 3.26. The quantitative estimate of drug-likeness (QED) is 0.709. The van der Waals surface area contributed by atoms with Crippen LogP contribution in [0.3, 0.4) is 0 Å². The molecule has 0 saturated carbocycles. The summed E-state index contributed by atoms with van der Waals surface area (Å²) in [7, 11) is 1.62. The first-order valence-electron chi connectivity index (χ1n) is 9.73. The van der Waals surface area contributed by atoms with Crippen molar-refractivity contribution in [1.82, 2.24) is 15.0 Å². The van der Waals surface area contributed by atoms with Crippen molar-refractivity contribution < 1.29 is 14.1 Å². The number of urea groups is 1. The average molecular weight is 392 g/mol. The van der Waals surface area contributed by atoms with Gasteiger partial charge in [0.25, 0.3) is 0 Å². The minimum absolute atomic E-state index is 0.0272. The van der Waals surface area contributed by atoms with Crippen LogP contribution >= 0.6 is 0 Å². The Balaban J connectivity index is 1.43. The molecule has 1 N–H and O–H groups in total. The predicted molar refractivity (Wildman–Crippen MR) is 110 cm³/mol. The standard InChI is InChI=1S/C22H24N4O3/c1-15-8-10-18(11-9-15)23-22(27)26-12-4-6-17(14-26)21-24-20(25-29-21)16-5-3-7-19(13-16)28-2/h3,5,7-11,13,17H,4,6,12,14H2,1-2H3,(H,23,27)/t17-/m0/s1. The van der Waals surface area contributed by atoms with E-state index in [0.717, 1.165) is 35.4 Å². The van der Waals surface area contributed by atoms with Gasteiger partial charge in [0, 0.05) is 24.3 Å². The van der Waals surface area contributed by atoms with Crippen LogP contribution in [0.15, 0.2) is 53.1 Å². The first-order valence-corrected chi connectivity index (χ1v) is 9.73. The maximum Gasteiger partial charge on any atom is 0.321 e. The van der Waals surface area contributed by atoms with Crippen molar-refractivity contribution in [2.75, 3.05) is 25.5 Å². The summed E-state index contributed by atoms with van der Waals surface area (Å²) in [6.07, 6.45) is 1.80. The van der Waals surface area contributed by atoms with Crippen molar-refractivity contribution >= 4 is 11.7 Å². The normalized spacial score (nSPS) is 16.5. The summed E-state index contributed by atoms with van der Waals surface area (Å²) in [6.45, 7) is 3.29. The number of aryl methyl sites for hydroxylation is 1. The fourth-order valence-corrected chi connectivity index (χ4v) is 3.48. The molecule has 0 spiro atoms. The van der Waals surface area contributed by atoms with Crippen molar-refractivity contribution in [3.63, 3.8) is 0 Å². The molecule has 0 unspecified atom stereocenters. The van der Waals surface area contributed by atoms with E-state index in [1.54, 1.807) is 7.11 Å². The van der Waals surface area contributed by atoms with Crippen LogP contribution in [0.5, 0.6) is 5.75 Å². The number of aromatic nitrogens is 2. The number of amides is 2. The molecule has 2 heterocycles. The number of likely N-dealkylation sites (tertiary alicyclic amines) is 1. The third-order valence-corrected chi connectivity index (χ3v) is 5.13. The molecule has 2 amide bonds. The van der Waals surface area contributed by atoms with Gasteiger partial charge in [-0.15, -0.1) is 0 Å². The van der Waals surface area contributed by atoms with Gasteiger partial charge >= 0.3 is 6.03 Å². The number of hydrogen-bond acceptors (Lipinski definition) is 5. The molecule has 1 saturated heterocycles. The largest absolute Gasteiger partial charge is 0.497 e. The molecule has 1 atom stereocenters. The van der Waals surface area contributed by atoms with E-state index >= 15 is 0 Å². The second-order valence-electron chi connectivity index (χ2n) is 7.27. The highest BCUT2D eigenvalue weighted by molar-refractivity contribution is 5.89. The first-order chi connectivity index (χ1) is 14.1. The molecular formula is C22H24N4O3. The third-order valence-electron chi connectivity index (χ3n) is 5.13. The number of nitrogens with zero attached hydrogens (tertiary/aromatic N) is 3. The summed E-state index contributed by atoms with van der Waals surface area (Å²) in [5.41, 5.74) is 2.79. The summed E-state index contributed by atoms with van der Waals surface area (Å²) in [4.78, 5) is 19.0. The molecule has 0 aliphatic carbocycles. The first kappa shape index (κ1) is 19.0. The number of anilines is 1. The third kappa shape index (κ3) is 4.39. The summed E-state index contributed by atoms with van der Waals surface area (Å²) in [6, 6.07) is 15.2. The highest BCUT2D eigenvalue weighted by Gasteiger charge is 2.28. The number of methoxy groups -OCH3 is 1. The zero-order chi connectivity index (χ0) is 20.2. The Kier molecular flexibility index (Phi) is 5.46. The lowest BCUT2D eigenvalue weighted by Gasteiger charge is -2.31. The topological polar surface area (TPSA) is 80.5 Å². The number of nitrogens with one attached hydrogen (secondary N) is 1. The van der Waals surface area contributed by atoms with Gasteiger partial charge in [-0.3, -0.25) is 0 Å². The number of rotatable bonds is 4. The number of benzene rings is 2. The Morgan fingerprint density at radius 1 is 1.24 bits per heavy atom. The minimum atomic E-state index is -0.105. The Bertz CT molecular complexity index is 984. The second kappa shape index (κ2) is 8.34. The molecule has 29 heavy (non-hydrogen) atoms. The lowest BCUT2D eigenvalue weighted by molar-refractivity contribution is 0.184. The van der Waals surface area contributed by atoms with Gasteiger partial charge in [0.05, 0.1) is 13.0 Å². The summed E-state index contributed by atoms with van der Waals surface area (Å²) < 4.78 is 10.8. The number of carbonyl (C=O) groups excluding carboxylic acids is 1. The van der Waals surface area contributed by atoms with Gasteiger partial charge in [0.1, 0.15) is 5.75 Å². The Morgan fingerprint density at radius 3 is 2.86 bits per heavy atom. The zero-order valence-corrected chi connectivity index (χ0v) is 16.6. The fourth-order valence-electron chi connectivity index (χ4n) is 3.48. The van der Waals surface area contributed by atoms with Gasteiger partial charge in [0.15, 0.2) is 0 Å². The van der Waals surface area contributed by atoms with Crippen molar-refractivity contribution in [3.8, 4) is 17.1 Å². The van der Waals surface area contributed by atoms with E-state index in [4.69, 9.17) is 9.26 Å². The van der Waals surface area contributed by atoms with Gasteiger partial charge in [-0.05, 0) is 44.0 Å². The Labute approximate surface area is 169 Å². The van der Waals surface area contributed by atoms with Crippen LogP contribution < -0.4 is 10.1 Å². The molecule has 0 radical (unpaired) electrons. The number of piperidine rings is 1. The van der Waals surface area contributed by atoms with Gasteiger partial charge in [-0.1, -0.05) is 35.0 Å². The molecule has 3 aromatic rings. The number of ether oxygens (including phenoxy) is 1. The van der Waals surface area contributed by atoms with Crippen LogP contribution in [-0.4, -0.2) is 41.3 Å². The van der Waals surface area contributed by atoms with E-state index < -0.39 is 0 Å². The molecule has 4 rings (SSSR count). The SMILES string of the molecule is COc1cccc(-c2noc([C@H]3CCCN(C(=O)Nc4ccc(C)cc4)C3)n2)c1. The highest BCUT2D eigenvalue weighted by atomic mass is 16.5. The molecule has 7 nitrogen and oxygen atoms in total. The second-order valence-corrected chi connectivity index (χ2v) is 7.27. The van der Waals surface area contributed by atoms with Gasteiger partial charge in [0.2, 0.25) is 11.7 Å². The molecule has 1 fully saturated rings. The Morgan fingerprint density at radius 2 is 2.07 bits per heavy atom. The van der Waals surface area contributed by atoms with E-state index in [9.17, 15) is 4.79 Å². The van der Waals surface area contributed by atoms with E-state index in [1.165, 1.54) is 0 Å². The maximum absolute atomic E-state index is 12.7. The van der Waals surface area contributed by atoms with Crippen LogP contribution in [0.4, 0.5) is 10.5 Å². The van der Waals surface area contributed by atoms with Crippen molar-refractivity contribution in [3.05, 3.63) is 60.0 Å². The summed E-state index contributed by atoms with van der Waals surface area (Å²) in [5, 5.41) is 7.08. The van der Waals surface area contributed by atoms with E-state index in [0.29, 0.717) is 24.8 Å². The summed E-state index contributed by atoms with van der Waals surface area (Å²) in [5.74, 6) is 1.86. The molecule has 150 valence electrons. The molecule has 1 aromatic heterocycles. The van der Waals surface area contributed by atoms with Crippen LogP contribution in [0.2, 0.25) is 0 Å². The van der Waals surface area contributed by atoms with E-state index in [1.807, 2.05) is 60.4 Å². The molecule has 0 bridgehead atoms. The monoisotopic (exact) mass is 392 g/mol. The smallest absolute Gasteiger partial charge is 0.321 e.